The average molecular weight is 248 g/mol. The Kier molecular flexibility index (Phi) is 7.18. The summed E-state index contributed by atoms with van der Waals surface area (Å²) in [5.74, 6) is 2.36. The van der Waals surface area contributed by atoms with Crippen LogP contribution in [0.1, 0.15) is 32.1 Å². The molecule has 0 bridgehead atoms. The minimum Gasteiger partial charge on any atom is -0.303 e. The van der Waals surface area contributed by atoms with Crippen LogP contribution in [0.3, 0.4) is 0 Å². The molecular weight excluding hydrogens is 231 g/mol. The monoisotopic (exact) mass is 248 g/mol. The van der Waals surface area contributed by atoms with Crippen molar-refractivity contribution in [1.82, 2.24) is 0 Å². The van der Waals surface area contributed by atoms with Crippen LogP contribution in [-0.4, -0.2) is 22.4 Å². The fraction of sp³-hybridized carbons (Fsp3) is 0.727. The van der Waals surface area contributed by atoms with Crippen molar-refractivity contribution >= 4 is 29.8 Å². The van der Waals surface area contributed by atoms with E-state index in [4.69, 9.17) is 0 Å². The summed E-state index contributed by atoms with van der Waals surface area (Å²) in [6.07, 6.45) is 6.16. The number of rotatable bonds is 6. The van der Waals surface area contributed by atoms with Gasteiger partial charge in [0.1, 0.15) is 6.29 Å². The molecule has 1 fully saturated rings. The van der Waals surface area contributed by atoms with Gasteiger partial charge in [0.25, 0.3) is 0 Å². The van der Waals surface area contributed by atoms with Crippen LogP contribution in [0.5, 0.6) is 0 Å². The van der Waals surface area contributed by atoms with E-state index in [1.165, 1.54) is 17.9 Å². The summed E-state index contributed by atoms with van der Waals surface area (Å²) < 4.78 is 13.7. The first-order valence-corrected chi connectivity index (χ1v) is 7.44. The van der Waals surface area contributed by atoms with Gasteiger partial charge in [-0.05, 0) is 37.2 Å². The second-order valence-electron chi connectivity index (χ2n) is 3.47. The maximum Gasteiger partial charge on any atom is 0.120 e. The molecule has 0 saturated carbocycles. The van der Waals surface area contributed by atoms with E-state index in [1.807, 2.05) is 23.5 Å². The van der Waals surface area contributed by atoms with Crippen molar-refractivity contribution in [1.29, 1.82) is 0 Å². The van der Waals surface area contributed by atoms with Crippen molar-refractivity contribution in [3.05, 3.63) is 11.9 Å². The number of allylic oxidation sites excluding steroid dienone is 2. The molecule has 1 saturated heterocycles. The van der Waals surface area contributed by atoms with Crippen molar-refractivity contribution < 1.29 is 9.18 Å². The number of carbonyl (C=O) groups is 1. The van der Waals surface area contributed by atoms with E-state index < -0.39 is 0 Å². The quantitative estimate of drug-likeness (QED) is 0.526. The molecule has 4 heteroatoms. The molecule has 86 valence electrons. The predicted octanol–water partition coefficient (Wildman–Crippen LogP) is 3.80. The molecule has 0 atom stereocenters. The van der Waals surface area contributed by atoms with Crippen LogP contribution in [0, 0.1) is 0 Å². The molecule has 0 amide bonds. The lowest BCUT2D eigenvalue weighted by Crippen LogP contribution is -2.05. The van der Waals surface area contributed by atoms with Gasteiger partial charge in [0.15, 0.2) is 0 Å². The molecule has 1 aliphatic rings. The molecule has 1 nitrogen and oxygen atoms in total. The van der Waals surface area contributed by atoms with Gasteiger partial charge in [-0.1, -0.05) is 6.08 Å². The Balaban J connectivity index is 2.14. The minimum atomic E-state index is -0.0522. The number of carbonyl (C=O) groups excluding carboxylic acids is 1. The first kappa shape index (κ1) is 13.1. The molecule has 0 aromatic carbocycles. The second kappa shape index (κ2) is 8.22. The van der Waals surface area contributed by atoms with E-state index in [-0.39, 0.29) is 5.83 Å². The third-order valence-electron chi connectivity index (χ3n) is 2.17. The van der Waals surface area contributed by atoms with Crippen molar-refractivity contribution in [3.8, 4) is 0 Å². The molecule has 1 aliphatic heterocycles. The van der Waals surface area contributed by atoms with E-state index in [2.05, 4.69) is 0 Å². The zero-order valence-electron chi connectivity index (χ0n) is 8.78. The Morgan fingerprint density at radius 2 is 2.13 bits per heavy atom. The summed E-state index contributed by atoms with van der Waals surface area (Å²) in [4.78, 5) is 10.0. The highest BCUT2D eigenvalue weighted by atomic mass is 32.2. The van der Waals surface area contributed by atoms with Crippen molar-refractivity contribution in [2.45, 2.75) is 36.7 Å². The number of halogens is 1. The van der Waals surface area contributed by atoms with Gasteiger partial charge in [0.2, 0.25) is 0 Å². The predicted molar refractivity (Wildman–Crippen MR) is 67.0 cm³/mol. The van der Waals surface area contributed by atoms with Crippen LogP contribution in [0.15, 0.2) is 11.9 Å². The molecule has 0 spiro atoms. The van der Waals surface area contributed by atoms with Crippen LogP contribution in [0.4, 0.5) is 4.39 Å². The van der Waals surface area contributed by atoms with Crippen LogP contribution in [0.2, 0.25) is 0 Å². The highest BCUT2D eigenvalue weighted by Gasteiger charge is 2.12. The number of unbranched alkanes of at least 4 members (excludes halogenated alkanes) is 1. The van der Waals surface area contributed by atoms with Crippen LogP contribution < -0.4 is 0 Å². The van der Waals surface area contributed by atoms with E-state index in [0.29, 0.717) is 23.8 Å². The minimum absolute atomic E-state index is 0.0522. The highest BCUT2D eigenvalue weighted by molar-refractivity contribution is 8.17. The van der Waals surface area contributed by atoms with Crippen LogP contribution in [-0.2, 0) is 4.79 Å². The lowest BCUT2D eigenvalue weighted by Gasteiger charge is -2.19. The maximum absolute atomic E-state index is 13.2. The van der Waals surface area contributed by atoms with Crippen molar-refractivity contribution in [3.63, 3.8) is 0 Å². The zero-order valence-corrected chi connectivity index (χ0v) is 10.4. The van der Waals surface area contributed by atoms with Gasteiger partial charge in [-0.2, -0.15) is 0 Å². The Hall–Kier alpha value is 0.0400. The third-order valence-corrected chi connectivity index (χ3v) is 5.16. The van der Waals surface area contributed by atoms with E-state index in [1.54, 1.807) is 6.08 Å². The SMILES string of the molecule is O=CCCCC(F)=CCC1SCCCS1. The smallest absolute Gasteiger partial charge is 0.120 e. The average Bonchev–Trinajstić information content (AvgIpc) is 2.28. The molecule has 0 aromatic heterocycles. The molecule has 15 heavy (non-hydrogen) atoms. The summed E-state index contributed by atoms with van der Waals surface area (Å²) in [7, 11) is 0. The van der Waals surface area contributed by atoms with Gasteiger partial charge in [0.05, 0.1) is 10.4 Å². The topological polar surface area (TPSA) is 17.1 Å². The summed E-state index contributed by atoms with van der Waals surface area (Å²) in [5, 5.41) is 0. The first-order chi connectivity index (χ1) is 7.33. The number of thioether (sulfide) groups is 2. The second-order valence-corrected chi connectivity index (χ2v) is 6.39. The zero-order chi connectivity index (χ0) is 10.9. The Labute approximate surface area is 99.3 Å². The molecule has 0 N–H and O–H groups in total. The van der Waals surface area contributed by atoms with E-state index in [9.17, 15) is 9.18 Å². The molecule has 0 aromatic rings. The van der Waals surface area contributed by atoms with Crippen molar-refractivity contribution in [2.75, 3.05) is 11.5 Å². The Morgan fingerprint density at radius 3 is 2.80 bits per heavy atom. The van der Waals surface area contributed by atoms with Crippen molar-refractivity contribution in [2.24, 2.45) is 0 Å². The van der Waals surface area contributed by atoms with E-state index in [0.717, 1.165) is 12.7 Å². The Morgan fingerprint density at radius 1 is 1.40 bits per heavy atom. The van der Waals surface area contributed by atoms with E-state index >= 15 is 0 Å². The van der Waals surface area contributed by atoms with Crippen LogP contribution in [0.25, 0.3) is 0 Å². The number of hydrogen-bond donors (Lipinski definition) is 0. The maximum atomic E-state index is 13.2. The molecule has 0 radical (unpaired) electrons. The third kappa shape index (κ3) is 6.25. The Bertz CT molecular complexity index is 213. The summed E-state index contributed by atoms with van der Waals surface area (Å²) in [6.45, 7) is 0. The van der Waals surface area contributed by atoms with Gasteiger partial charge in [0, 0.05) is 6.42 Å². The molecule has 1 rings (SSSR count). The standard InChI is InChI=1S/C11H17FOS2/c12-10(4-1-2-7-13)5-6-11-14-8-3-9-15-11/h5,7,11H,1-4,6,8-9H2. The lowest BCUT2D eigenvalue weighted by atomic mass is 10.2. The molecule has 1 heterocycles. The largest absolute Gasteiger partial charge is 0.303 e. The van der Waals surface area contributed by atoms with Gasteiger partial charge in [-0.25, -0.2) is 4.39 Å². The fourth-order valence-corrected chi connectivity index (χ4v) is 4.11. The van der Waals surface area contributed by atoms with Gasteiger partial charge >= 0.3 is 0 Å². The molecular formula is C11H17FOS2. The summed E-state index contributed by atoms with van der Waals surface area (Å²) in [5.41, 5.74) is 0. The van der Waals surface area contributed by atoms with Crippen LogP contribution >= 0.6 is 23.5 Å². The first-order valence-electron chi connectivity index (χ1n) is 5.34. The molecule has 0 unspecified atom stereocenters. The number of aldehydes is 1. The van der Waals surface area contributed by atoms with Gasteiger partial charge < -0.3 is 4.79 Å². The van der Waals surface area contributed by atoms with Gasteiger partial charge in [-0.3, -0.25) is 0 Å². The van der Waals surface area contributed by atoms with Gasteiger partial charge in [-0.15, -0.1) is 23.5 Å². The summed E-state index contributed by atoms with van der Waals surface area (Å²) >= 11 is 3.86. The fourth-order valence-electron chi connectivity index (χ4n) is 1.35. The highest BCUT2D eigenvalue weighted by Crippen LogP contribution is 2.33. The normalized spacial score (nSPS) is 19.1. The molecule has 0 aliphatic carbocycles. The summed E-state index contributed by atoms with van der Waals surface area (Å²) in [6, 6.07) is 0. The lowest BCUT2D eigenvalue weighted by molar-refractivity contribution is -0.107. The number of hydrogen-bond acceptors (Lipinski definition) is 3.